The number of fused-ring (bicyclic) bond motifs is 1. The lowest BCUT2D eigenvalue weighted by atomic mass is 10.0. The molecule has 2 aromatic heterocycles. The van der Waals surface area contributed by atoms with E-state index in [4.69, 9.17) is 0 Å². The first kappa shape index (κ1) is 19.5. The number of piperazine rings is 1. The Morgan fingerprint density at radius 2 is 1.71 bits per heavy atom. The van der Waals surface area contributed by atoms with Crippen molar-refractivity contribution < 1.29 is 4.79 Å². The fourth-order valence-corrected chi connectivity index (χ4v) is 4.05. The first-order valence-electron chi connectivity index (χ1n) is 10.6. The third-order valence-corrected chi connectivity index (χ3v) is 5.77. The summed E-state index contributed by atoms with van der Waals surface area (Å²) >= 11 is 0. The van der Waals surface area contributed by atoms with Gasteiger partial charge < -0.3 is 15.6 Å². The smallest absolute Gasteiger partial charge is 0.257 e. The fraction of sp³-hybridized carbons (Fsp3) is 0.200. The topological polar surface area (TPSA) is 73.0 Å². The normalized spacial score (nSPS) is 14.6. The SMILES string of the molecule is O=C(Nc1ccncc1)c1c[nH]c2ccc(-c3ccc(CN4CCNCC4)cc3)cc12. The Kier molecular flexibility index (Phi) is 5.48. The highest BCUT2D eigenvalue weighted by Crippen LogP contribution is 2.27. The molecule has 3 N–H and O–H groups in total. The van der Waals surface area contributed by atoms with Crippen LogP contribution in [0.4, 0.5) is 5.69 Å². The molecule has 1 aliphatic heterocycles. The Morgan fingerprint density at radius 3 is 2.48 bits per heavy atom. The van der Waals surface area contributed by atoms with Crippen LogP contribution in [0, 0.1) is 0 Å². The van der Waals surface area contributed by atoms with Crippen molar-refractivity contribution in [1.29, 1.82) is 0 Å². The van der Waals surface area contributed by atoms with Gasteiger partial charge in [0.05, 0.1) is 5.56 Å². The Balaban J connectivity index is 1.36. The molecule has 5 rings (SSSR count). The van der Waals surface area contributed by atoms with Gasteiger partial charge in [-0.25, -0.2) is 0 Å². The summed E-state index contributed by atoms with van der Waals surface area (Å²) in [5.41, 5.74) is 5.87. The molecule has 0 saturated carbocycles. The Hall–Kier alpha value is -3.48. The van der Waals surface area contributed by atoms with Crippen LogP contribution in [0.15, 0.2) is 73.2 Å². The van der Waals surface area contributed by atoms with Crippen LogP contribution in [0.2, 0.25) is 0 Å². The average Bonchev–Trinajstić information content (AvgIpc) is 3.24. The second-order valence-corrected chi connectivity index (χ2v) is 7.88. The summed E-state index contributed by atoms with van der Waals surface area (Å²) in [4.78, 5) is 22.5. The molecule has 4 aromatic rings. The summed E-state index contributed by atoms with van der Waals surface area (Å²) < 4.78 is 0. The number of anilines is 1. The maximum absolute atomic E-state index is 12.8. The van der Waals surface area contributed by atoms with Gasteiger partial charge in [-0.2, -0.15) is 0 Å². The van der Waals surface area contributed by atoms with E-state index in [1.54, 1.807) is 30.7 Å². The van der Waals surface area contributed by atoms with Crippen LogP contribution >= 0.6 is 0 Å². The average molecular weight is 412 g/mol. The lowest BCUT2D eigenvalue weighted by molar-refractivity contribution is 0.102. The van der Waals surface area contributed by atoms with Gasteiger partial charge in [-0.3, -0.25) is 14.7 Å². The van der Waals surface area contributed by atoms with E-state index in [0.29, 0.717) is 5.56 Å². The molecule has 31 heavy (non-hydrogen) atoms. The Morgan fingerprint density at radius 1 is 0.968 bits per heavy atom. The molecule has 1 aliphatic rings. The monoisotopic (exact) mass is 411 g/mol. The minimum absolute atomic E-state index is 0.138. The number of hydrogen-bond donors (Lipinski definition) is 3. The van der Waals surface area contributed by atoms with Crippen molar-refractivity contribution >= 4 is 22.5 Å². The zero-order valence-electron chi connectivity index (χ0n) is 17.3. The van der Waals surface area contributed by atoms with E-state index in [1.165, 1.54) is 5.56 Å². The van der Waals surface area contributed by atoms with Crippen molar-refractivity contribution in [1.82, 2.24) is 20.2 Å². The van der Waals surface area contributed by atoms with Gasteiger partial charge >= 0.3 is 0 Å². The number of pyridine rings is 1. The molecule has 0 spiro atoms. The van der Waals surface area contributed by atoms with Crippen molar-refractivity contribution in [3.63, 3.8) is 0 Å². The predicted molar refractivity (Wildman–Crippen MR) is 124 cm³/mol. The molecule has 156 valence electrons. The summed E-state index contributed by atoms with van der Waals surface area (Å²) in [6, 6.07) is 18.5. The standard InChI is InChI=1S/C25H25N5O/c31-25(29-21-7-9-26-10-8-21)23-16-28-24-6-5-20(15-22(23)24)19-3-1-18(2-4-19)17-30-13-11-27-12-14-30/h1-10,15-16,27-28H,11-14,17H2,(H,26,29,31). The number of carbonyl (C=O) groups excluding carboxylic acids is 1. The van der Waals surface area contributed by atoms with Gasteiger partial charge in [0, 0.05) is 67.9 Å². The number of hydrogen-bond acceptors (Lipinski definition) is 4. The molecule has 1 fully saturated rings. The molecule has 0 aliphatic carbocycles. The van der Waals surface area contributed by atoms with Crippen LogP contribution in [-0.2, 0) is 6.54 Å². The summed E-state index contributed by atoms with van der Waals surface area (Å²) in [5, 5.41) is 7.24. The van der Waals surface area contributed by atoms with Crippen LogP contribution in [0.3, 0.4) is 0 Å². The van der Waals surface area contributed by atoms with Gasteiger partial charge in [0.2, 0.25) is 0 Å². The van der Waals surface area contributed by atoms with Crippen LogP contribution in [0.5, 0.6) is 0 Å². The van der Waals surface area contributed by atoms with Crippen LogP contribution < -0.4 is 10.6 Å². The summed E-state index contributed by atoms with van der Waals surface area (Å²) in [5.74, 6) is -0.138. The minimum atomic E-state index is -0.138. The van der Waals surface area contributed by atoms with Gasteiger partial charge in [0.15, 0.2) is 0 Å². The Bertz CT molecular complexity index is 1180. The highest BCUT2D eigenvalue weighted by atomic mass is 16.1. The predicted octanol–water partition coefficient (Wildman–Crippen LogP) is 3.89. The molecular weight excluding hydrogens is 386 g/mol. The molecule has 0 bridgehead atoms. The molecule has 1 saturated heterocycles. The molecular formula is C25H25N5O. The maximum Gasteiger partial charge on any atom is 0.257 e. The number of aromatic amines is 1. The third-order valence-electron chi connectivity index (χ3n) is 5.77. The number of benzene rings is 2. The van der Waals surface area contributed by atoms with Gasteiger partial charge in [0.1, 0.15) is 0 Å². The first-order chi connectivity index (χ1) is 15.3. The third kappa shape index (κ3) is 4.35. The molecule has 3 heterocycles. The van der Waals surface area contributed by atoms with Crippen molar-refractivity contribution in [2.75, 3.05) is 31.5 Å². The first-order valence-corrected chi connectivity index (χ1v) is 10.6. The van der Waals surface area contributed by atoms with Crippen molar-refractivity contribution in [2.45, 2.75) is 6.54 Å². The van der Waals surface area contributed by atoms with E-state index in [-0.39, 0.29) is 5.91 Å². The quantitative estimate of drug-likeness (QED) is 0.466. The van der Waals surface area contributed by atoms with E-state index < -0.39 is 0 Å². The molecule has 0 unspecified atom stereocenters. The number of carbonyl (C=O) groups is 1. The van der Waals surface area contributed by atoms with Crippen LogP contribution in [-0.4, -0.2) is 47.0 Å². The summed E-state index contributed by atoms with van der Waals surface area (Å²) in [6.07, 6.45) is 5.09. The number of nitrogens with one attached hydrogen (secondary N) is 3. The van der Waals surface area contributed by atoms with E-state index in [9.17, 15) is 4.79 Å². The second-order valence-electron chi connectivity index (χ2n) is 7.88. The minimum Gasteiger partial charge on any atom is -0.360 e. The summed E-state index contributed by atoms with van der Waals surface area (Å²) in [7, 11) is 0. The van der Waals surface area contributed by atoms with E-state index in [2.05, 4.69) is 61.9 Å². The molecule has 0 atom stereocenters. The van der Waals surface area contributed by atoms with E-state index in [0.717, 1.165) is 60.4 Å². The number of amides is 1. The highest BCUT2D eigenvalue weighted by molar-refractivity contribution is 6.13. The molecule has 1 amide bonds. The van der Waals surface area contributed by atoms with Gasteiger partial charge in [-0.15, -0.1) is 0 Å². The van der Waals surface area contributed by atoms with Crippen molar-refractivity contribution in [3.8, 4) is 11.1 Å². The lowest BCUT2D eigenvalue weighted by Crippen LogP contribution is -2.42. The van der Waals surface area contributed by atoms with Gasteiger partial charge in [-0.05, 0) is 41.0 Å². The van der Waals surface area contributed by atoms with Crippen molar-refractivity contribution in [2.24, 2.45) is 0 Å². The molecule has 6 heteroatoms. The van der Waals surface area contributed by atoms with Crippen LogP contribution in [0.1, 0.15) is 15.9 Å². The number of rotatable bonds is 5. The van der Waals surface area contributed by atoms with Gasteiger partial charge in [0.25, 0.3) is 5.91 Å². The van der Waals surface area contributed by atoms with Gasteiger partial charge in [-0.1, -0.05) is 30.3 Å². The van der Waals surface area contributed by atoms with E-state index >= 15 is 0 Å². The summed E-state index contributed by atoms with van der Waals surface area (Å²) in [6.45, 7) is 5.29. The maximum atomic E-state index is 12.8. The largest absolute Gasteiger partial charge is 0.360 e. The molecule has 0 radical (unpaired) electrons. The van der Waals surface area contributed by atoms with Crippen molar-refractivity contribution in [3.05, 3.63) is 84.3 Å². The highest BCUT2D eigenvalue weighted by Gasteiger charge is 2.14. The Labute approximate surface area is 181 Å². The number of aromatic nitrogens is 2. The van der Waals surface area contributed by atoms with E-state index in [1.807, 2.05) is 6.07 Å². The second kappa shape index (κ2) is 8.71. The molecule has 6 nitrogen and oxygen atoms in total. The fourth-order valence-electron chi connectivity index (χ4n) is 4.05. The number of H-pyrrole nitrogens is 1. The van der Waals surface area contributed by atoms with Crippen LogP contribution in [0.25, 0.3) is 22.0 Å². The number of nitrogens with zero attached hydrogens (tertiary/aromatic N) is 2. The molecule has 2 aromatic carbocycles. The lowest BCUT2D eigenvalue weighted by Gasteiger charge is -2.27. The zero-order valence-corrected chi connectivity index (χ0v) is 17.3. The zero-order chi connectivity index (χ0) is 21.0.